The molecule has 0 aliphatic rings. The summed E-state index contributed by atoms with van der Waals surface area (Å²) in [6.07, 6.45) is 0.702. The van der Waals surface area contributed by atoms with Crippen LogP contribution in [0.2, 0.25) is 0 Å². The van der Waals surface area contributed by atoms with Crippen molar-refractivity contribution in [3.63, 3.8) is 0 Å². The van der Waals surface area contributed by atoms with Gasteiger partial charge in [-0.25, -0.2) is 4.79 Å². The third-order valence-corrected chi connectivity index (χ3v) is 3.47. The van der Waals surface area contributed by atoms with E-state index in [-0.39, 0.29) is 24.5 Å². The summed E-state index contributed by atoms with van der Waals surface area (Å²) in [6, 6.07) is 7.20. The highest BCUT2D eigenvalue weighted by molar-refractivity contribution is 5.93. The first-order chi connectivity index (χ1) is 9.75. The topological polar surface area (TPSA) is 69.6 Å². The largest absolute Gasteiger partial charge is 0.481 e. The highest BCUT2D eigenvalue weighted by Crippen LogP contribution is 2.17. The molecule has 0 radical (unpaired) electrons. The molecule has 0 fully saturated rings. The maximum Gasteiger partial charge on any atom is 0.322 e. The van der Waals surface area contributed by atoms with Crippen LogP contribution in [0.5, 0.6) is 0 Å². The number of amides is 2. The average Bonchev–Trinajstić information content (AvgIpc) is 2.40. The molecule has 2 amide bonds. The second-order valence-electron chi connectivity index (χ2n) is 5.80. The highest BCUT2D eigenvalue weighted by Gasteiger charge is 2.23. The van der Waals surface area contributed by atoms with Crippen molar-refractivity contribution in [2.45, 2.75) is 46.1 Å². The molecule has 0 unspecified atom stereocenters. The van der Waals surface area contributed by atoms with E-state index in [1.54, 1.807) is 0 Å². The standard InChI is InChI=1S/C16H24N2O3/c1-5-16(3,4)17-15(21)18(11-10-14(19)20)13-8-6-12(2)7-9-13/h6-9H,5,10-11H2,1-4H3,(H,17,21)(H,19,20). The minimum Gasteiger partial charge on any atom is -0.481 e. The van der Waals surface area contributed by atoms with E-state index in [1.807, 2.05) is 52.0 Å². The lowest BCUT2D eigenvalue weighted by molar-refractivity contribution is -0.136. The number of urea groups is 1. The van der Waals surface area contributed by atoms with Gasteiger partial charge < -0.3 is 10.4 Å². The Balaban J connectivity index is 2.93. The zero-order chi connectivity index (χ0) is 16.0. The van der Waals surface area contributed by atoms with Crippen molar-refractivity contribution in [2.24, 2.45) is 0 Å². The number of carbonyl (C=O) groups excluding carboxylic acids is 1. The lowest BCUT2D eigenvalue weighted by Gasteiger charge is -2.30. The summed E-state index contributed by atoms with van der Waals surface area (Å²) in [7, 11) is 0. The number of carbonyl (C=O) groups is 2. The fraction of sp³-hybridized carbons (Fsp3) is 0.500. The summed E-state index contributed by atoms with van der Waals surface area (Å²) < 4.78 is 0. The molecule has 1 rings (SSSR count). The van der Waals surface area contributed by atoms with Crippen LogP contribution in [0.3, 0.4) is 0 Å². The van der Waals surface area contributed by atoms with E-state index >= 15 is 0 Å². The second-order valence-corrected chi connectivity index (χ2v) is 5.80. The van der Waals surface area contributed by atoms with Crippen LogP contribution in [0.4, 0.5) is 10.5 Å². The third-order valence-electron chi connectivity index (χ3n) is 3.47. The van der Waals surface area contributed by atoms with Gasteiger partial charge in [-0.3, -0.25) is 9.69 Å². The Labute approximate surface area is 126 Å². The van der Waals surface area contributed by atoms with E-state index in [0.717, 1.165) is 12.0 Å². The van der Waals surface area contributed by atoms with Crippen molar-refractivity contribution >= 4 is 17.7 Å². The van der Waals surface area contributed by atoms with Gasteiger partial charge in [0.1, 0.15) is 0 Å². The number of hydrogen-bond acceptors (Lipinski definition) is 2. The minimum absolute atomic E-state index is 0.0894. The molecule has 0 saturated heterocycles. The predicted octanol–water partition coefficient (Wildman–Crippen LogP) is 3.17. The minimum atomic E-state index is -0.922. The molecule has 0 saturated carbocycles. The first kappa shape index (κ1) is 17.0. The van der Waals surface area contributed by atoms with E-state index < -0.39 is 5.97 Å². The smallest absolute Gasteiger partial charge is 0.322 e. The van der Waals surface area contributed by atoms with Crippen molar-refractivity contribution in [1.29, 1.82) is 0 Å². The van der Waals surface area contributed by atoms with E-state index in [4.69, 9.17) is 5.11 Å². The number of rotatable bonds is 6. The molecular formula is C16H24N2O3. The Morgan fingerprint density at radius 3 is 2.29 bits per heavy atom. The molecule has 0 spiro atoms. The molecule has 2 N–H and O–H groups in total. The summed E-state index contributed by atoms with van der Waals surface area (Å²) in [6.45, 7) is 7.98. The number of nitrogens with one attached hydrogen (secondary N) is 1. The number of anilines is 1. The molecule has 21 heavy (non-hydrogen) atoms. The van der Waals surface area contributed by atoms with Gasteiger partial charge in [0.2, 0.25) is 0 Å². The Morgan fingerprint density at radius 2 is 1.81 bits per heavy atom. The van der Waals surface area contributed by atoms with Crippen LogP contribution < -0.4 is 10.2 Å². The maximum absolute atomic E-state index is 12.4. The lowest BCUT2D eigenvalue weighted by atomic mass is 10.0. The van der Waals surface area contributed by atoms with Crippen molar-refractivity contribution < 1.29 is 14.7 Å². The van der Waals surface area contributed by atoms with Crippen LogP contribution in [-0.4, -0.2) is 29.2 Å². The summed E-state index contributed by atoms with van der Waals surface area (Å²) in [5.41, 5.74) is 1.46. The molecule has 5 nitrogen and oxygen atoms in total. The molecular weight excluding hydrogens is 268 g/mol. The lowest BCUT2D eigenvalue weighted by Crippen LogP contribution is -2.50. The van der Waals surface area contributed by atoms with Crippen molar-refractivity contribution in [3.05, 3.63) is 29.8 Å². The molecule has 0 aliphatic heterocycles. The van der Waals surface area contributed by atoms with E-state index in [2.05, 4.69) is 5.32 Å². The number of aliphatic carboxylic acids is 1. The first-order valence-electron chi connectivity index (χ1n) is 7.13. The summed E-state index contributed by atoms with van der Waals surface area (Å²) in [5.74, 6) is -0.922. The van der Waals surface area contributed by atoms with Crippen molar-refractivity contribution in [2.75, 3.05) is 11.4 Å². The van der Waals surface area contributed by atoms with E-state index in [0.29, 0.717) is 5.69 Å². The van der Waals surface area contributed by atoms with Crippen LogP contribution in [0.25, 0.3) is 0 Å². The molecule has 0 aromatic heterocycles. The van der Waals surface area contributed by atoms with Gasteiger partial charge in [0.05, 0.1) is 6.42 Å². The summed E-state index contributed by atoms with van der Waals surface area (Å²) in [5, 5.41) is 11.8. The Morgan fingerprint density at radius 1 is 1.24 bits per heavy atom. The third kappa shape index (κ3) is 5.45. The zero-order valence-electron chi connectivity index (χ0n) is 13.1. The molecule has 0 atom stereocenters. The summed E-state index contributed by atoms with van der Waals surface area (Å²) in [4.78, 5) is 24.7. The number of carboxylic acids is 1. The normalized spacial score (nSPS) is 11.0. The summed E-state index contributed by atoms with van der Waals surface area (Å²) >= 11 is 0. The van der Waals surface area contributed by atoms with Gasteiger partial charge in [-0.15, -0.1) is 0 Å². The Kier molecular flexibility index (Phi) is 5.76. The van der Waals surface area contributed by atoms with Gasteiger partial charge in [-0.2, -0.15) is 0 Å². The van der Waals surface area contributed by atoms with Crippen LogP contribution in [0.1, 0.15) is 39.2 Å². The molecule has 0 bridgehead atoms. The second kappa shape index (κ2) is 7.11. The number of carboxylic acid groups (broad SMARTS) is 1. The fourth-order valence-electron chi connectivity index (χ4n) is 1.73. The van der Waals surface area contributed by atoms with Gasteiger partial charge in [0.15, 0.2) is 0 Å². The Bertz CT molecular complexity index is 495. The molecule has 0 aliphatic carbocycles. The molecule has 116 valence electrons. The van der Waals surface area contributed by atoms with Crippen LogP contribution in [-0.2, 0) is 4.79 Å². The number of hydrogen-bond donors (Lipinski definition) is 2. The molecule has 5 heteroatoms. The molecule has 1 aromatic rings. The van der Waals surface area contributed by atoms with Gasteiger partial charge in [0.25, 0.3) is 0 Å². The Hall–Kier alpha value is -2.04. The number of benzene rings is 1. The molecule has 0 heterocycles. The van der Waals surface area contributed by atoms with Crippen LogP contribution in [0.15, 0.2) is 24.3 Å². The number of nitrogens with zero attached hydrogens (tertiary/aromatic N) is 1. The van der Waals surface area contributed by atoms with Gasteiger partial charge in [-0.1, -0.05) is 24.6 Å². The molecule has 1 aromatic carbocycles. The van der Waals surface area contributed by atoms with Gasteiger partial charge in [-0.05, 0) is 39.3 Å². The van der Waals surface area contributed by atoms with Crippen molar-refractivity contribution in [3.8, 4) is 0 Å². The number of aryl methyl sites for hydroxylation is 1. The first-order valence-corrected chi connectivity index (χ1v) is 7.13. The van der Waals surface area contributed by atoms with Gasteiger partial charge in [0, 0.05) is 17.8 Å². The van der Waals surface area contributed by atoms with Crippen LogP contribution in [0, 0.1) is 6.92 Å². The van der Waals surface area contributed by atoms with E-state index in [9.17, 15) is 9.59 Å². The highest BCUT2D eigenvalue weighted by atomic mass is 16.4. The predicted molar refractivity (Wildman–Crippen MR) is 83.7 cm³/mol. The van der Waals surface area contributed by atoms with Crippen molar-refractivity contribution in [1.82, 2.24) is 5.32 Å². The van der Waals surface area contributed by atoms with E-state index in [1.165, 1.54) is 4.90 Å². The maximum atomic E-state index is 12.4. The SMILES string of the molecule is CCC(C)(C)NC(=O)N(CCC(=O)O)c1ccc(C)cc1. The fourth-order valence-corrected chi connectivity index (χ4v) is 1.73. The van der Waals surface area contributed by atoms with Crippen LogP contribution >= 0.6 is 0 Å². The monoisotopic (exact) mass is 292 g/mol. The zero-order valence-corrected chi connectivity index (χ0v) is 13.1. The quantitative estimate of drug-likeness (QED) is 0.846. The van der Waals surface area contributed by atoms with Gasteiger partial charge >= 0.3 is 12.0 Å². The average molecular weight is 292 g/mol.